The van der Waals surface area contributed by atoms with E-state index < -0.39 is 11.9 Å². The van der Waals surface area contributed by atoms with Crippen LogP contribution in [0.5, 0.6) is 11.5 Å². The maximum atomic E-state index is 12.4. The van der Waals surface area contributed by atoms with Gasteiger partial charge in [-0.1, -0.05) is 6.07 Å². The van der Waals surface area contributed by atoms with Crippen molar-refractivity contribution in [3.8, 4) is 11.5 Å². The number of anilines is 2. The molecule has 0 radical (unpaired) electrons. The fraction of sp³-hybridized carbons (Fsp3) is 0.333. The molecule has 0 aliphatic rings. The normalized spacial score (nSPS) is 10.4. The summed E-state index contributed by atoms with van der Waals surface area (Å²) in [5, 5.41) is 3.16. The smallest absolute Gasteiger partial charge is 0.340 e. The molecule has 156 valence electrons. The minimum Gasteiger partial charge on any atom is -0.497 e. The molecule has 8 heteroatoms. The molecular weight excluding hydrogens is 376 g/mol. The van der Waals surface area contributed by atoms with Gasteiger partial charge in [-0.25, -0.2) is 9.59 Å². The first-order valence-corrected chi connectivity index (χ1v) is 8.93. The fourth-order valence-corrected chi connectivity index (χ4v) is 2.59. The molecular formula is C21H26N2O6. The predicted molar refractivity (Wildman–Crippen MR) is 109 cm³/mol. The third-order valence-corrected chi connectivity index (χ3v) is 4.11. The van der Waals surface area contributed by atoms with E-state index in [2.05, 4.69) is 5.32 Å². The molecule has 2 aromatic rings. The molecule has 2 rings (SSSR count). The molecule has 0 fully saturated rings. The zero-order valence-electron chi connectivity index (χ0n) is 17.3. The minimum absolute atomic E-state index is 0.0805. The second kappa shape index (κ2) is 10.3. The first-order chi connectivity index (χ1) is 13.9. The number of ether oxygens (including phenoxy) is 4. The van der Waals surface area contributed by atoms with Gasteiger partial charge in [-0.3, -0.25) is 0 Å². The van der Waals surface area contributed by atoms with E-state index in [1.165, 1.54) is 20.3 Å². The number of nitrogens with one attached hydrogen (secondary N) is 1. The largest absolute Gasteiger partial charge is 0.497 e. The summed E-state index contributed by atoms with van der Waals surface area (Å²) in [6, 6.07) is 10.1. The van der Waals surface area contributed by atoms with Gasteiger partial charge in [0.2, 0.25) is 0 Å². The Morgan fingerprint density at radius 3 is 2.31 bits per heavy atom. The third kappa shape index (κ3) is 5.61. The maximum Gasteiger partial charge on any atom is 0.340 e. The molecule has 0 aromatic heterocycles. The number of likely N-dealkylation sites (N-methyl/N-ethyl adjacent to an activating group) is 1. The maximum absolute atomic E-state index is 12.4. The second-order valence-electron chi connectivity index (χ2n) is 6.35. The Hall–Kier alpha value is -3.26. The monoisotopic (exact) mass is 402 g/mol. The number of nitrogens with zero attached hydrogens (tertiary/aromatic N) is 1. The van der Waals surface area contributed by atoms with Crippen molar-refractivity contribution in [2.45, 2.75) is 0 Å². The van der Waals surface area contributed by atoms with Crippen LogP contribution in [0.4, 0.5) is 11.4 Å². The van der Waals surface area contributed by atoms with E-state index >= 15 is 0 Å². The Balaban J connectivity index is 2.44. The molecule has 0 bridgehead atoms. The fourth-order valence-electron chi connectivity index (χ4n) is 2.59. The second-order valence-corrected chi connectivity index (χ2v) is 6.35. The summed E-state index contributed by atoms with van der Waals surface area (Å²) >= 11 is 0. The number of rotatable bonds is 9. The van der Waals surface area contributed by atoms with Crippen LogP contribution in [-0.4, -0.2) is 65.4 Å². The van der Waals surface area contributed by atoms with E-state index in [1.807, 2.05) is 19.0 Å². The first-order valence-electron chi connectivity index (χ1n) is 8.93. The number of hydrogen-bond donors (Lipinski definition) is 1. The lowest BCUT2D eigenvalue weighted by Gasteiger charge is -2.18. The third-order valence-electron chi connectivity index (χ3n) is 4.11. The molecule has 0 aliphatic carbocycles. The molecule has 0 atom stereocenters. The van der Waals surface area contributed by atoms with Crippen LogP contribution < -0.4 is 14.8 Å². The van der Waals surface area contributed by atoms with Crippen molar-refractivity contribution >= 4 is 23.3 Å². The van der Waals surface area contributed by atoms with E-state index in [0.717, 1.165) is 6.54 Å². The van der Waals surface area contributed by atoms with Gasteiger partial charge in [0.15, 0.2) is 0 Å². The van der Waals surface area contributed by atoms with Gasteiger partial charge in [0.1, 0.15) is 18.1 Å². The average Bonchev–Trinajstić information content (AvgIpc) is 2.73. The summed E-state index contributed by atoms with van der Waals surface area (Å²) in [5.74, 6) is -0.110. The lowest BCUT2D eigenvalue weighted by molar-refractivity contribution is 0.0556. The lowest BCUT2D eigenvalue weighted by Crippen LogP contribution is -2.19. The zero-order valence-corrected chi connectivity index (χ0v) is 17.3. The quantitative estimate of drug-likeness (QED) is 0.641. The Morgan fingerprint density at radius 1 is 0.966 bits per heavy atom. The van der Waals surface area contributed by atoms with Gasteiger partial charge in [-0.05, 0) is 38.4 Å². The van der Waals surface area contributed by atoms with Gasteiger partial charge >= 0.3 is 11.9 Å². The van der Waals surface area contributed by atoms with Crippen LogP contribution >= 0.6 is 0 Å². The molecule has 0 saturated heterocycles. The van der Waals surface area contributed by atoms with E-state index in [4.69, 9.17) is 18.9 Å². The first kappa shape index (κ1) is 22.0. The van der Waals surface area contributed by atoms with E-state index in [0.29, 0.717) is 29.5 Å². The van der Waals surface area contributed by atoms with Crippen molar-refractivity contribution < 1.29 is 28.5 Å². The van der Waals surface area contributed by atoms with Crippen LogP contribution in [0.3, 0.4) is 0 Å². The Morgan fingerprint density at radius 2 is 1.69 bits per heavy atom. The number of hydrogen-bond acceptors (Lipinski definition) is 8. The van der Waals surface area contributed by atoms with Crippen molar-refractivity contribution in [1.29, 1.82) is 0 Å². The molecule has 0 heterocycles. The Bertz CT molecular complexity index is 866. The highest BCUT2D eigenvalue weighted by Crippen LogP contribution is 2.34. The highest BCUT2D eigenvalue weighted by molar-refractivity contribution is 6.07. The van der Waals surface area contributed by atoms with Crippen LogP contribution in [0.25, 0.3) is 0 Å². The highest BCUT2D eigenvalue weighted by atomic mass is 16.5. The summed E-state index contributed by atoms with van der Waals surface area (Å²) in [6.07, 6.45) is 0. The Kier molecular flexibility index (Phi) is 7.85. The number of methoxy groups -OCH3 is 3. The number of benzene rings is 2. The van der Waals surface area contributed by atoms with Crippen molar-refractivity contribution in [3.05, 3.63) is 47.5 Å². The number of esters is 2. The molecule has 0 amide bonds. The number of carbonyl (C=O) groups excluding carboxylic acids is 2. The molecule has 0 unspecified atom stereocenters. The average molecular weight is 402 g/mol. The summed E-state index contributed by atoms with van der Waals surface area (Å²) in [6.45, 7) is 1.18. The van der Waals surface area contributed by atoms with E-state index in [9.17, 15) is 9.59 Å². The van der Waals surface area contributed by atoms with Gasteiger partial charge < -0.3 is 29.2 Å². The number of carbonyl (C=O) groups is 2. The predicted octanol–water partition coefficient (Wildman–Crippen LogP) is 2.95. The van der Waals surface area contributed by atoms with Crippen LogP contribution in [0.15, 0.2) is 36.4 Å². The molecule has 0 aliphatic heterocycles. The Labute approximate surface area is 170 Å². The van der Waals surface area contributed by atoms with Crippen LogP contribution in [0, 0.1) is 0 Å². The summed E-state index contributed by atoms with van der Waals surface area (Å²) in [7, 11) is 7.98. The van der Waals surface area contributed by atoms with E-state index in [1.54, 1.807) is 37.4 Å². The standard InChI is InChI=1S/C21H26N2O6/c1-23(2)11-12-29-18-13-14(26-3)9-10-16(18)22-17-8-6-7-15(20(24)27-4)19(17)21(25)28-5/h6-10,13,22H,11-12H2,1-5H3. The van der Waals surface area contributed by atoms with Gasteiger partial charge in [0.25, 0.3) is 0 Å². The zero-order chi connectivity index (χ0) is 21.4. The van der Waals surface area contributed by atoms with Gasteiger partial charge in [0, 0.05) is 12.6 Å². The highest BCUT2D eigenvalue weighted by Gasteiger charge is 2.23. The molecule has 0 saturated carbocycles. The molecule has 0 spiro atoms. The summed E-state index contributed by atoms with van der Waals surface area (Å²) in [5.41, 5.74) is 1.18. The molecule has 1 N–H and O–H groups in total. The van der Waals surface area contributed by atoms with Crippen molar-refractivity contribution in [2.75, 3.05) is 53.9 Å². The van der Waals surface area contributed by atoms with Gasteiger partial charge in [-0.2, -0.15) is 0 Å². The molecule has 8 nitrogen and oxygen atoms in total. The van der Waals surface area contributed by atoms with Crippen LogP contribution in [0.1, 0.15) is 20.7 Å². The lowest BCUT2D eigenvalue weighted by atomic mass is 10.0. The molecule has 2 aromatic carbocycles. The minimum atomic E-state index is -0.655. The van der Waals surface area contributed by atoms with Crippen LogP contribution in [0.2, 0.25) is 0 Å². The molecule has 29 heavy (non-hydrogen) atoms. The van der Waals surface area contributed by atoms with Gasteiger partial charge in [-0.15, -0.1) is 0 Å². The van der Waals surface area contributed by atoms with Crippen molar-refractivity contribution in [2.24, 2.45) is 0 Å². The summed E-state index contributed by atoms with van der Waals surface area (Å²) < 4.78 is 20.8. The van der Waals surface area contributed by atoms with E-state index in [-0.39, 0.29) is 11.1 Å². The topological polar surface area (TPSA) is 86.3 Å². The SMILES string of the molecule is COC(=O)c1cccc(Nc2ccc(OC)cc2OCCN(C)C)c1C(=O)OC. The van der Waals surface area contributed by atoms with Crippen LogP contribution in [-0.2, 0) is 9.47 Å². The van der Waals surface area contributed by atoms with Crippen molar-refractivity contribution in [3.63, 3.8) is 0 Å². The van der Waals surface area contributed by atoms with Crippen molar-refractivity contribution in [1.82, 2.24) is 4.90 Å². The summed E-state index contributed by atoms with van der Waals surface area (Å²) in [4.78, 5) is 26.5. The van der Waals surface area contributed by atoms with Gasteiger partial charge in [0.05, 0.1) is 43.8 Å².